The molecule has 0 aromatic heterocycles. The Bertz CT molecular complexity index is 1110. The molecule has 2 aliphatic heterocycles. The van der Waals surface area contributed by atoms with E-state index in [9.17, 15) is 29.7 Å². The zero-order chi connectivity index (χ0) is 23.7. The molecule has 0 aliphatic carbocycles. The van der Waals surface area contributed by atoms with Gasteiger partial charge in [-0.2, -0.15) is 0 Å². The van der Waals surface area contributed by atoms with Gasteiger partial charge in [-0.05, 0) is 35.7 Å². The molecule has 0 radical (unpaired) electrons. The lowest BCUT2D eigenvalue weighted by Gasteiger charge is -2.53. The molecule has 0 spiro atoms. The fourth-order valence-corrected chi connectivity index (χ4v) is 5.47. The molecule has 2 aliphatic rings. The maximum Gasteiger partial charge on any atom is 0.326 e. The Morgan fingerprint density at radius 1 is 1.18 bits per heavy atom. The van der Waals surface area contributed by atoms with Crippen molar-refractivity contribution < 1.29 is 29.7 Å². The third-order valence-electron chi connectivity index (χ3n) is 5.76. The summed E-state index contributed by atoms with van der Waals surface area (Å²) < 4.78 is 0. The van der Waals surface area contributed by atoms with Crippen LogP contribution in [0, 0.1) is 5.92 Å². The molecule has 2 amide bonds. The summed E-state index contributed by atoms with van der Waals surface area (Å²) in [5.74, 6) is -1.64. The predicted octanol–water partition coefficient (Wildman–Crippen LogP) is 1.75. The third-order valence-corrected chi connectivity index (χ3v) is 7.31. The summed E-state index contributed by atoms with van der Waals surface area (Å²) in [5.41, 5.74) is 0.898. The monoisotopic (exact) mass is 469 g/mol. The van der Waals surface area contributed by atoms with Crippen LogP contribution in [0.3, 0.4) is 0 Å². The zero-order valence-electron chi connectivity index (χ0n) is 17.7. The van der Waals surface area contributed by atoms with Crippen molar-refractivity contribution in [3.63, 3.8) is 0 Å². The third kappa shape index (κ3) is 4.38. The van der Waals surface area contributed by atoms with Crippen LogP contribution in [0.2, 0.25) is 0 Å². The van der Waals surface area contributed by atoms with Crippen molar-refractivity contribution in [3.05, 3.63) is 59.7 Å². The molecule has 10 heteroatoms. The van der Waals surface area contributed by atoms with Crippen molar-refractivity contribution in [2.45, 2.75) is 30.4 Å². The number of carboxylic acid groups (broad SMARTS) is 1. The topological polar surface area (TPSA) is 140 Å². The lowest BCUT2D eigenvalue weighted by Crippen LogP contribution is -2.75. The number of hydrogen-bond acceptors (Lipinski definition) is 7. The molecule has 172 valence electrons. The number of carboxylic acids is 1. The second-order valence-corrected chi connectivity index (χ2v) is 9.20. The summed E-state index contributed by atoms with van der Waals surface area (Å²) in [6, 6.07) is 9.67. The summed E-state index contributed by atoms with van der Waals surface area (Å²) in [5, 5.41) is 31.4. The molecule has 2 heterocycles. The van der Waals surface area contributed by atoms with Crippen molar-refractivity contribution in [2.75, 3.05) is 5.75 Å². The first-order valence-corrected chi connectivity index (χ1v) is 11.4. The summed E-state index contributed by atoms with van der Waals surface area (Å²) in [6.45, 7) is 1.79. The number of aliphatic imine (C=N–C) groups is 1. The van der Waals surface area contributed by atoms with Crippen LogP contribution in [0.15, 0.2) is 53.5 Å². The van der Waals surface area contributed by atoms with Crippen LogP contribution in [-0.4, -0.2) is 67.4 Å². The highest BCUT2D eigenvalue weighted by atomic mass is 32.2. The first-order chi connectivity index (χ1) is 15.8. The van der Waals surface area contributed by atoms with Crippen molar-refractivity contribution >= 4 is 35.8 Å². The van der Waals surface area contributed by atoms with Crippen molar-refractivity contribution in [1.29, 1.82) is 0 Å². The maximum atomic E-state index is 13.2. The van der Waals surface area contributed by atoms with Gasteiger partial charge in [0, 0.05) is 17.5 Å². The Labute approximate surface area is 194 Å². The highest BCUT2D eigenvalue weighted by Gasteiger charge is 2.57. The van der Waals surface area contributed by atoms with E-state index >= 15 is 0 Å². The van der Waals surface area contributed by atoms with Gasteiger partial charge >= 0.3 is 5.97 Å². The number of phenolic OH excluding ortho intramolecular Hbond substituents is 2. The summed E-state index contributed by atoms with van der Waals surface area (Å²) in [4.78, 5) is 43.3. The number of hydrogen-bond donors (Lipinski definition) is 4. The maximum absolute atomic E-state index is 13.2. The molecular formula is C23H23N3O6S. The molecule has 0 saturated carbocycles. The van der Waals surface area contributed by atoms with Crippen LogP contribution in [0.1, 0.15) is 24.1 Å². The minimum atomic E-state index is -1.06. The first kappa shape index (κ1) is 22.7. The van der Waals surface area contributed by atoms with Gasteiger partial charge in [0.15, 0.2) is 6.04 Å². The van der Waals surface area contributed by atoms with Crippen LogP contribution in [0.25, 0.3) is 0 Å². The molecule has 2 saturated heterocycles. The van der Waals surface area contributed by atoms with Gasteiger partial charge in [0.05, 0.1) is 0 Å². The van der Waals surface area contributed by atoms with Crippen molar-refractivity contribution in [1.82, 2.24) is 10.2 Å². The first-order valence-electron chi connectivity index (χ1n) is 10.3. The second kappa shape index (κ2) is 9.14. The van der Waals surface area contributed by atoms with Crippen LogP contribution in [0.4, 0.5) is 0 Å². The number of aliphatic carboxylic acids is 1. The number of thioether (sulfide) groups is 1. The van der Waals surface area contributed by atoms with E-state index in [4.69, 9.17) is 0 Å². The van der Waals surface area contributed by atoms with Gasteiger partial charge in [0.2, 0.25) is 11.8 Å². The van der Waals surface area contributed by atoms with E-state index < -0.39 is 41.3 Å². The Hall–Kier alpha value is -3.53. The number of β-lactam (4-membered cyclic amide) rings is 1. The minimum absolute atomic E-state index is 0.00312. The van der Waals surface area contributed by atoms with E-state index in [1.165, 1.54) is 41.1 Å². The highest BCUT2D eigenvalue weighted by Crippen LogP contribution is 2.40. The lowest BCUT2D eigenvalue weighted by atomic mass is 9.94. The molecule has 3 unspecified atom stereocenters. The number of rotatable bonds is 6. The molecule has 5 atom stereocenters. The van der Waals surface area contributed by atoms with Crippen molar-refractivity contribution in [3.8, 4) is 11.5 Å². The van der Waals surface area contributed by atoms with Gasteiger partial charge in [0.25, 0.3) is 0 Å². The number of nitrogens with zero attached hydrogens (tertiary/aromatic N) is 2. The van der Waals surface area contributed by atoms with E-state index in [1.54, 1.807) is 37.3 Å². The quantitative estimate of drug-likeness (QED) is 0.373. The number of carbonyl (C=O) groups is 3. The summed E-state index contributed by atoms with van der Waals surface area (Å²) in [6.07, 6.45) is 1.37. The van der Waals surface area contributed by atoms with Gasteiger partial charge < -0.3 is 25.5 Å². The number of carbonyl (C=O) groups excluding carboxylic acids is 2. The Kier molecular flexibility index (Phi) is 6.28. The number of para-hydroxylation sites is 1. The Morgan fingerprint density at radius 3 is 2.55 bits per heavy atom. The Morgan fingerprint density at radius 2 is 1.88 bits per heavy atom. The van der Waals surface area contributed by atoms with E-state index in [-0.39, 0.29) is 17.4 Å². The second-order valence-electron chi connectivity index (χ2n) is 8.05. The number of nitrogens with one attached hydrogen (secondary N) is 1. The molecule has 2 aromatic rings. The molecule has 33 heavy (non-hydrogen) atoms. The van der Waals surface area contributed by atoms with Gasteiger partial charge in [-0.15, -0.1) is 11.8 Å². The molecule has 9 nitrogen and oxygen atoms in total. The molecule has 4 N–H and O–H groups in total. The van der Waals surface area contributed by atoms with Crippen LogP contribution < -0.4 is 5.32 Å². The zero-order valence-corrected chi connectivity index (χ0v) is 18.5. The minimum Gasteiger partial charge on any atom is -0.508 e. The fraction of sp³-hybridized carbons (Fsp3) is 0.304. The average molecular weight is 470 g/mol. The molecule has 2 aromatic carbocycles. The van der Waals surface area contributed by atoms with E-state index in [2.05, 4.69) is 10.3 Å². The Balaban J connectivity index is 1.56. The summed E-state index contributed by atoms with van der Waals surface area (Å²) in [7, 11) is 0. The number of benzene rings is 2. The highest BCUT2D eigenvalue weighted by molar-refractivity contribution is 8.00. The normalized spacial score (nSPS) is 25.2. The van der Waals surface area contributed by atoms with Crippen LogP contribution in [0.5, 0.6) is 11.5 Å². The fourth-order valence-electron chi connectivity index (χ4n) is 4.01. The molecule has 2 fully saturated rings. The van der Waals surface area contributed by atoms with Gasteiger partial charge in [0.1, 0.15) is 29.0 Å². The molecule has 4 rings (SSSR count). The van der Waals surface area contributed by atoms with Gasteiger partial charge in [-0.25, -0.2) is 4.79 Å². The molecule has 0 bridgehead atoms. The van der Waals surface area contributed by atoms with Gasteiger partial charge in [-0.3, -0.25) is 14.6 Å². The SMILES string of the molecule is CC1CS[C@H]2[C@@H](NC(=O)C(N=Cc3ccccc3O)c3ccc(O)cc3)C(=O)N2C1C(=O)O. The molecular weight excluding hydrogens is 446 g/mol. The average Bonchev–Trinajstić information content (AvgIpc) is 2.79. The van der Waals surface area contributed by atoms with E-state index in [0.717, 1.165) is 0 Å². The largest absolute Gasteiger partial charge is 0.508 e. The smallest absolute Gasteiger partial charge is 0.326 e. The summed E-state index contributed by atoms with van der Waals surface area (Å²) >= 11 is 1.44. The number of aromatic hydroxyl groups is 2. The van der Waals surface area contributed by atoms with Gasteiger partial charge in [-0.1, -0.05) is 31.2 Å². The van der Waals surface area contributed by atoms with Crippen LogP contribution >= 0.6 is 11.8 Å². The number of amides is 2. The van der Waals surface area contributed by atoms with E-state index in [1.807, 2.05) is 0 Å². The number of phenols is 2. The van der Waals surface area contributed by atoms with Crippen LogP contribution in [-0.2, 0) is 14.4 Å². The lowest BCUT2D eigenvalue weighted by molar-refractivity contribution is -0.164. The predicted molar refractivity (Wildman–Crippen MR) is 122 cm³/mol. The van der Waals surface area contributed by atoms with E-state index in [0.29, 0.717) is 16.9 Å². The number of fused-ring (bicyclic) bond motifs is 1. The standard InChI is InChI=1S/C23H23N3O6S/c1-12-11-33-22-18(21(30)26(22)19(12)23(31)32)25-20(29)17(13-6-8-15(27)9-7-13)24-10-14-4-2-3-5-16(14)28/h2-10,12,17-19,22,27-28H,11H2,1H3,(H,25,29)(H,31,32)/t12?,17?,18-,19?,22-/m0/s1. The van der Waals surface area contributed by atoms with Crippen molar-refractivity contribution in [2.24, 2.45) is 10.9 Å².